The Morgan fingerprint density at radius 2 is 2.35 bits per heavy atom. The average Bonchev–Trinajstić information content (AvgIpc) is 2.82. The molecular weight excluding hydrogens is 209 g/mol. The van der Waals surface area contributed by atoms with Crippen molar-refractivity contribution in [1.82, 2.24) is 9.97 Å². The number of aromatic amines is 1. The maximum absolute atomic E-state index is 4.08. The molecule has 0 saturated heterocycles. The molecule has 2 aromatic rings. The molecule has 1 aromatic carbocycles. The Bertz CT molecular complexity index is 507. The van der Waals surface area contributed by atoms with Crippen LogP contribution in [0.5, 0.6) is 0 Å². The van der Waals surface area contributed by atoms with Gasteiger partial charge in [0.05, 0.1) is 18.6 Å². The van der Waals surface area contributed by atoms with Gasteiger partial charge in [-0.1, -0.05) is 17.6 Å². The van der Waals surface area contributed by atoms with Gasteiger partial charge in [-0.2, -0.15) is 0 Å². The minimum Gasteiger partial charge on any atom is -0.365 e. The zero-order chi connectivity index (χ0) is 11.7. The topological polar surface area (TPSA) is 31.9 Å². The third-order valence-corrected chi connectivity index (χ3v) is 3.37. The van der Waals surface area contributed by atoms with Gasteiger partial charge in [-0.05, 0) is 24.5 Å². The Hall–Kier alpha value is -1.71. The largest absolute Gasteiger partial charge is 0.365 e. The first-order chi connectivity index (χ1) is 8.33. The molecule has 1 aliphatic heterocycles. The summed E-state index contributed by atoms with van der Waals surface area (Å²) in [5.74, 6) is 0. The standard InChI is InChI=1S/C13H16BN3/c14-11-3-4-13-10(6-11)2-1-5-17(13)8-12-7-15-9-16-12/h3-4,6-7,9H,1-2,5,8,14H2,(H,15,16). The van der Waals surface area contributed by atoms with Gasteiger partial charge in [0, 0.05) is 18.4 Å². The van der Waals surface area contributed by atoms with Crippen LogP contribution in [0, 0.1) is 0 Å². The van der Waals surface area contributed by atoms with Gasteiger partial charge in [0.25, 0.3) is 0 Å². The summed E-state index contributed by atoms with van der Waals surface area (Å²) in [6.07, 6.45) is 6.10. The highest BCUT2D eigenvalue weighted by atomic mass is 15.1. The number of anilines is 1. The predicted molar refractivity (Wildman–Crippen MR) is 72.6 cm³/mol. The van der Waals surface area contributed by atoms with E-state index >= 15 is 0 Å². The van der Waals surface area contributed by atoms with E-state index in [4.69, 9.17) is 0 Å². The van der Waals surface area contributed by atoms with E-state index in [0.29, 0.717) is 0 Å². The Labute approximate surface area is 102 Å². The summed E-state index contributed by atoms with van der Waals surface area (Å²) < 4.78 is 0. The van der Waals surface area contributed by atoms with Crippen molar-refractivity contribution in [2.24, 2.45) is 0 Å². The van der Waals surface area contributed by atoms with Crippen LogP contribution in [0.4, 0.5) is 5.69 Å². The minimum atomic E-state index is 0.927. The van der Waals surface area contributed by atoms with Crippen LogP contribution in [0.15, 0.2) is 30.7 Å². The second-order valence-corrected chi connectivity index (χ2v) is 4.73. The molecular formula is C13H16BN3. The fourth-order valence-corrected chi connectivity index (χ4v) is 2.54. The van der Waals surface area contributed by atoms with Crippen LogP contribution in [0.2, 0.25) is 0 Å². The first-order valence-electron chi connectivity index (χ1n) is 6.14. The van der Waals surface area contributed by atoms with Crippen LogP contribution >= 0.6 is 0 Å². The highest BCUT2D eigenvalue weighted by Crippen LogP contribution is 2.26. The molecule has 0 fully saturated rings. The summed E-state index contributed by atoms with van der Waals surface area (Å²) in [5, 5.41) is 0. The van der Waals surface area contributed by atoms with Crippen LogP contribution in [-0.2, 0) is 13.0 Å². The number of imidazole rings is 1. The molecule has 1 aliphatic rings. The van der Waals surface area contributed by atoms with Gasteiger partial charge in [0.2, 0.25) is 0 Å². The number of benzene rings is 1. The molecule has 17 heavy (non-hydrogen) atoms. The highest BCUT2D eigenvalue weighted by molar-refractivity contribution is 6.32. The number of aromatic nitrogens is 2. The van der Waals surface area contributed by atoms with Crippen molar-refractivity contribution in [2.45, 2.75) is 19.4 Å². The SMILES string of the molecule is Bc1ccc2c(c1)CCCN2Cc1cnc[nH]1. The van der Waals surface area contributed by atoms with Crippen LogP contribution in [0.25, 0.3) is 0 Å². The van der Waals surface area contributed by atoms with Gasteiger partial charge >= 0.3 is 0 Å². The molecule has 0 radical (unpaired) electrons. The monoisotopic (exact) mass is 225 g/mol. The molecule has 3 rings (SSSR count). The molecule has 1 N–H and O–H groups in total. The fraction of sp³-hybridized carbons (Fsp3) is 0.308. The maximum Gasteiger partial charge on any atom is 0.139 e. The molecule has 86 valence electrons. The lowest BCUT2D eigenvalue weighted by atomic mass is 9.90. The van der Waals surface area contributed by atoms with Gasteiger partial charge in [-0.3, -0.25) is 0 Å². The van der Waals surface area contributed by atoms with E-state index in [0.717, 1.165) is 13.1 Å². The van der Waals surface area contributed by atoms with Gasteiger partial charge < -0.3 is 9.88 Å². The van der Waals surface area contributed by atoms with Crippen LogP contribution in [0.1, 0.15) is 17.7 Å². The summed E-state index contributed by atoms with van der Waals surface area (Å²) >= 11 is 0. The van der Waals surface area contributed by atoms with Crippen LogP contribution in [-0.4, -0.2) is 24.4 Å². The molecule has 0 unspecified atom stereocenters. The van der Waals surface area contributed by atoms with E-state index in [-0.39, 0.29) is 0 Å². The Morgan fingerprint density at radius 3 is 3.18 bits per heavy atom. The van der Waals surface area contributed by atoms with Crippen LogP contribution < -0.4 is 10.4 Å². The summed E-state index contributed by atoms with van der Waals surface area (Å²) in [7, 11) is 2.16. The zero-order valence-corrected chi connectivity index (χ0v) is 10.1. The number of nitrogens with one attached hydrogen (secondary N) is 1. The number of aryl methyl sites for hydroxylation is 1. The first kappa shape index (κ1) is 10.4. The van der Waals surface area contributed by atoms with E-state index in [1.165, 1.54) is 35.2 Å². The molecule has 0 amide bonds. The molecule has 0 atom stereocenters. The summed E-state index contributed by atoms with van der Waals surface area (Å²) in [6.45, 7) is 2.06. The van der Waals surface area contributed by atoms with E-state index < -0.39 is 0 Å². The second-order valence-electron chi connectivity index (χ2n) is 4.73. The van der Waals surface area contributed by atoms with Crippen molar-refractivity contribution in [2.75, 3.05) is 11.4 Å². The smallest absolute Gasteiger partial charge is 0.139 e. The molecule has 1 aromatic heterocycles. The number of H-pyrrole nitrogens is 1. The lowest BCUT2D eigenvalue weighted by Gasteiger charge is -2.31. The molecule has 0 spiro atoms. The van der Waals surface area contributed by atoms with Gasteiger partial charge in [0.15, 0.2) is 0 Å². The lowest BCUT2D eigenvalue weighted by Crippen LogP contribution is -2.29. The number of nitrogens with zero attached hydrogens (tertiary/aromatic N) is 2. The van der Waals surface area contributed by atoms with Crippen molar-refractivity contribution in [3.63, 3.8) is 0 Å². The average molecular weight is 225 g/mol. The third kappa shape index (κ3) is 2.07. The molecule has 0 saturated carbocycles. The minimum absolute atomic E-state index is 0.927. The van der Waals surface area contributed by atoms with Gasteiger partial charge in [0.1, 0.15) is 7.85 Å². The second kappa shape index (κ2) is 4.28. The maximum atomic E-state index is 4.08. The van der Waals surface area contributed by atoms with Crippen molar-refractivity contribution in [3.05, 3.63) is 42.0 Å². The van der Waals surface area contributed by atoms with Crippen molar-refractivity contribution in [3.8, 4) is 0 Å². The normalized spacial score (nSPS) is 14.7. The molecule has 0 bridgehead atoms. The Morgan fingerprint density at radius 1 is 1.41 bits per heavy atom. The van der Waals surface area contributed by atoms with Gasteiger partial charge in [-0.15, -0.1) is 0 Å². The van der Waals surface area contributed by atoms with E-state index in [1.807, 2.05) is 6.20 Å². The predicted octanol–water partition coefficient (Wildman–Crippen LogP) is 0.621. The Balaban J connectivity index is 1.89. The van der Waals surface area contributed by atoms with Crippen molar-refractivity contribution in [1.29, 1.82) is 0 Å². The number of hydrogen-bond donors (Lipinski definition) is 1. The highest BCUT2D eigenvalue weighted by Gasteiger charge is 2.16. The number of hydrogen-bond acceptors (Lipinski definition) is 2. The Kier molecular flexibility index (Phi) is 2.63. The van der Waals surface area contributed by atoms with E-state index in [2.05, 4.69) is 40.9 Å². The van der Waals surface area contributed by atoms with Gasteiger partial charge in [-0.25, -0.2) is 4.98 Å². The van der Waals surface area contributed by atoms with E-state index in [9.17, 15) is 0 Å². The number of rotatable bonds is 2. The zero-order valence-electron chi connectivity index (χ0n) is 10.1. The molecule has 4 heteroatoms. The fourth-order valence-electron chi connectivity index (χ4n) is 2.54. The quantitative estimate of drug-likeness (QED) is 0.760. The molecule has 2 heterocycles. The van der Waals surface area contributed by atoms with Crippen molar-refractivity contribution < 1.29 is 0 Å². The molecule has 3 nitrogen and oxygen atoms in total. The van der Waals surface area contributed by atoms with E-state index in [1.54, 1.807) is 6.33 Å². The number of fused-ring (bicyclic) bond motifs is 1. The van der Waals surface area contributed by atoms with Crippen LogP contribution in [0.3, 0.4) is 0 Å². The lowest BCUT2D eigenvalue weighted by molar-refractivity contribution is 0.686. The third-order valence-electron chi connectivity index (χ3n) is 3.37. The summed E-state index contributed by atoms with van der Waals surface area (Å²) in [4.78, 5) is 9.69. The molecule has 0 aliphatic carbocycles. The summed E-state index contributed by atoms with van der Waals surface area (Å²) in [5.41, 5.74) is 5.40. The van der Waals surface area contributed by atoms with Crippen molar-refractivity contribution >= 4 is 19.0 Å². The first-order valence-corrected chi connectivity index (χ1v) is 6.14. The summed E-state index contributed by atoms with van der Waals surface area (Å²) in [6, 6.07) is 6.76.